The molecular weight excluding hydrogens is 360 g/mol. The molecule has 108 valence electrons. The molecule has 0 spiro atoms. The third kappa shape index (κ3) is 2.83. The van der Waals surface area contributed by atoms with Gasteiger partial charge in [0.15, 0.2) is 0 Å². The molecule has 0 radical (unpaired) electrons. The van der Waals surface area contributed by atoms with E-state index < -0.39 is 0 Å². The van der Waals surface area contributed by atoms with Gasteiger partial charge >= 0.3 is 0 Å². The minimum atomic E-state index is -0.232. The van der Waals surface area contributed by atoms with E-state index in [1.807, 2.05) is 12.1 Å². The van der Waals surface area contributed by atoms with E-state index in [2.05, 4.69) is 35.8 Å². The van der Waals surface area contributed by atoms with Crippen molar-refractivity contribution < 1.29 is 9.47 Å². The van der Waals surface area contributed by atoms with Crippen molar-refractivity contribution in [3.05, 3.63) is 43.6 Å². The fraction of sp³-hybridized carbons (Fsp3) is 0.333. The highest BCUT2D eigenvalue weighted by Crippen LogP contribution is 2.45. The second-order valence-electron chi connectivity index (χ2n) is 4.45. The molecule has 1 unspecified atom stereocenters. The molecule has 0 saturated heterocycles. The molecule has 0 saturated carbocycles. The highest BCUT2D eigenvalue weighted by molar-refractivity contribution is 9.10. The molecule has 0 N–H and O–H groups in total. The molecule has 0 aliphatic heterocycles. The minimum Gasteiger partial charge on any atom is -0.495 e. The summed E-state index contributed by atoms with van der Waals surface area (Å²) in [6, 6.07) is 5.98. The van der Waals surface area contributed by atoms with Crippen LogP contribution in [0.4, 0.5) is 0 Å². The van der Waals surface area contributed by atoms with Crippen LogP contribution >= 0.6 is 38.9 Å². The number of halogens is 2. The van der Waals surface area contributed by atoms with Gasteiger partial charge in [0.1, 0.15) is 16.0 Å². The maximum atomic E-state index is 6.64. The highest BCUT2D eigenvalue weighted by Gasteiger charge is 2.21. The molecule has 1 aromatic carbocycles. The van der Waals surface area contributed by atoms with Gasteiger partial charge in [-0.15, -0.1) is 22.9 Å². The largest absolute Gasteiger partial charge is 0.495 e. The van der Waals surface area contributed by atoms with E-state index in [-0.39, 0.29) is 5.38 Å². The van der Waals surface area contributed by atoms with Crippen LogP contribution in [0.15, 0.2) is 22.7 Å². The SMILES string of the molecule is COc1ccc(C(Cl)c2cc(C)c(C)s2)c(OC)c1Br. The Kier molecular flexibility index (Phi) is 4.99. The van der Waals surface area contributed by atoms with Crippen LogP contribution in [0.2, 0.25) is 0 Å². The van der Waals surface area contributed by atoms with Gasteiger partial charge in [-0.2, -0.15) is 0 Å². The van der Waals surface area contributed by atoms with Gasteiger partial charge < -0.3 is 9.47 Å². The number of hydrogen-bond donors (Lipinski definition) is 0. The van der Waals surface area contributed by atoms with Crippen molar-refractivity contribution in [2.24, 2.45) is 0 Å². The van der Waals surface area contributed by atoms with Crippen molar-refractivity contribution in [3.63, 3.8) is 0 Å². The monoisotopic (exact) mass is 374 g/mol. The lowest BCUT2D eigenvalue weighted by Crippen LogP contribution is -1.98. The number of methoxy groups -OCH3 is 2. The highest BCUT2D eigenvalue weighted by atomic mass is 79.9. The first-order valence-electron chi connectivity index (χ1n) is 6.11. The molecule has 20 heavy (non-hydrogen) atoms. The number of hydrogen-bond acceptors (Lipinski definition) is 3. The van der Waals surface area contributed by atoms with Crippen LogP contribution < -0.4 is 9.47 Å². The predicted molar refractivity (Wildman–Crippen MR) is 88.7 cm³/mol. The van der Waals surface area contributed by atoms with Gasteiger partial charge in [0.25, 0.3) is 0 Å². The average molecular weight is 376 g/mol. The van der Waals surface area contributed by atoms with Gasteiger partial charge in [-0.25, -0.2) is 0 Å². The Hall–Kier alpha value is -0.710. The summed E-state index contributed by atoms with van der Waals surface area (Å²) in [5.74, 6) is 1.45. The first kappa shape index (κ1) is 15.7. The Morgan fingerprint density at radius 3 is 2.40 bits per heavy atom. The minimum absolute atomic E-state index is 0.232. The molecule has 2 rings (SSSR count). The zero-order chi connectivity index (χ0) is 14.9. The van der Waals surface area contributed by atoms with Crippen LogP contribution in [0.5, 0.6) is 11.5 Å². The average Bonchev–Trinajstić information content (AvgIpc) is 2.77. The Labute approximate surface area is 136 Å². The second kappa shape index (κ2) is 6.37. The lowest BCUT2D eigenvalue weighted by atomic mass is 10.1. The van der Waals surface area contributed by atoms with Crippen molar-refractivity contribution in [2.45, 2.75) is 19.2 Å². The summed E-state index contributed by atoms with van der Waals surface area (Å²) in [6.07, 6.45) is 0. The van der Waals surface area contributed by atoms with E-state index >= 15 is 0 Å². The van der Waals surface area contributed by atoms with E-state index in [0.717, 1.165) is 20.7 Å². The summed E-state index contributed by atoms with van der Waals surface area (Å²) in [4.78, 5) is 2.41. The number of thiophene rings is 1. The quantitative estimate of drug-likeness (QED) is 0.659. The Balaban J connectivity index is 2.49. The van der Waals surface area contributed by atoms with Crippen LogP contribution in [0.3, 0.4) is 0 Å². The molecule has 1 heterocycles. The summed E-state index contributed by atoms with van der Waals surface area (Å²) < 4.78 is 11.6. The molecule has 0 fully saturated rings. The number of benzene rings is 1. The van der Waals surface area contributed by atoms with Crippen LogP contribution in [0.1, 0.15) is 26.3 Å². The van der Waals surface area contributed by atoms with Crippen molar-refractivity contribution in [2.75, 3.05) is 14.2 Å². The maximum absolute atomic E-state index is 6.64. The van der Waals surface area contributed by atoms with Crippen molar-refractivity contribution in [3.8, 4) is 11.5 Å². The van der Waals surface area contributed by atoms with E-state index in [9.17, 15) is 0 Å². The lowest BCUT2D eigenvalue weighted by molar-refractivity contribution is 0.386. The van der Waals surface area contributed by atoms with Crippen LogP contribution in [-0.4, -0.2) is 14.2 Å². The zero-order valence-electron chi connectivity index (χ0n) is 11.8. The number of aryl methyl sites for hydroxylation is 2. The van der Waals surface area contributed by atoms with Crippen LogP contribution in [0, 0.1) is 13.8 Å². The second-order valence-corrected chi connectivity index (χ2v) is 6.97. The van der Waals surface area contributed by atoms with Gasteiger partial charge in [-0.3, -0.25) is 0 Å². The number of rotatable bonds is 4. The molecule has 1 atom stereocenters. The zero-order valence-corrected chi connectivity index (χ0v) is 14.9. The molecule has 0 amide bonds. The van der Waals surface area contributed by atoms with Gasteiger partial charge in [0, 0.05) is 15.3 Å². The normalized spacial score (nSPS) is 12.3. The Bertz CT molecular complexity index is 605. The standard InChI is InChI=1S/C15H16BrClO2S/c1-8-7-12(20-9(8)2)14(17)10-5-6-11(18-3)13(16)15(10)19-4/h5-7,14H,1-4H3. The first-order chi connectivity index (χ1) is 9.49. The summed E-state index contributed by atoms with van der Waals surface area (Å²) in [5.41, 5.74) is 2.20. The molecule has 0 aliphatic rings. The van der Waals surface area contributed by atoms with Crippen LogP contribution in [0.25, 0.3) is 0 Å². The van der Waals surface area contributed by atoms with E-state index in [0.29, 0.717) is 5.75 Å². The fourth-order valence-corrected chi connectivity index (χ4v) is 4.09. The fourth-order valence-electron chi connectivity index (χ4n) is 2.00. The lowest BCUT2D eigenvalue weighted by Gasteiger charge is -2.16. The van der Waals surface area contributed by atoms with E-state index in [1.165, 1.54) is 10.4 Å². The first-order valence-corrected chi connectivity index (χ1v) is 8.15. The van der Waals surface area contributed by atoms with Gasteiger partial charge in [-0.1, -0.05) is 0 Å². The Morgan fingerprint density at radius 1 is 1.20 bits per heavy atom. The van der Waals surface area contributed by atoms with Gasteiger partial charge in [0.05, 0.1) is 19.6 Å². The number of alkyl halides is 1. The van der Waals surface area contributed by atoms with E-state index in [4.69, 9.17) is 21.1 Å². The molecule has 2 nitrogen and oxygen atoms in total. The number of ether oxygens (including phenoxy) is 2. The third-order valence-electron chi connectivity index (χ3n) is 3.22. The predicted octanol–water partition coefficient (Wildman–Crippen LogP) is 5.47. The maximum Gasteiger partial charge on any atom is 0.141 e. The van der Waals surface area contributed by atoms with Crippen LogP contribution in [-0.2, 0) is 0 Å². The summed E-state index contributed by atoms with van der Waals surface area (Å²) in [5, 5.41) is -0.232. The van der Waals surface area contributed by atoms with Crippen molar-refractivity contribution >= 4 is 38.9 Å². The van der Waals surface area contributed by atoms with Crippen molar-refractivity contribution in [1.82, 2.24) is 0 Å². The van der Waals surface area contributed by atoms with Gasteiger partial charge in [0.2, 0.25) is 0 Å². The Morgan fingerprint density at radius 2 is 1.90 bits per heavy atom. The molecular formula is C15H16BrClO2S. The smallest absolute Gasteiger partial charge is 0.141 e. The topological polar surface area (TPSA) is 18.5 Å². The molecule has 0 aliphatic carbocycles. The summed E-state index contributed by atoms with van der Waals surface area (Å²) >= 11 is 11.9. The summed E-state index contributed by atoms with van der Waals surface area (Å²) in [6.45, 7) is 4.20. The molecule has 1 aromatic heterocycles. The molecule has 2 aromatic rings. The summed E-state index contributed by atoms with van der Waals surface area (Å²) in [7, 11) is 3.26. The van der Waals surface area contributed by atoms with Crippen molar-refractivity contribution in [1.29, 1.82) is 0 Å². The molecule has 0 bridgehead atoms. The van der Waals surface area contributed by atoms with E-state index in [1.54, 1.807) is 25.6 Å². The van der Waals surface area contributed by atoms with Gasteiger partial charge in [-0.05, 0) is 53.5 Å². The molecule has 5 heteroatoms. The third-order valence-corrected chi connectivity index (χ3v) is 5.79.